The van der Waals surface area contributed by atoms with Crippen LogP contribution in [0.1, 0.15) is 18.9 Å². The first-order chi connectivity index (χ1) is 6.15. The lowest BCUT2D eigenvalue weighted by molar-refractivity contribution is -0.136. The van der Waals surface area contributed by atoms with Crippen molar-refractivity contribution in [3.63, 3.8) is 0 Å². The lowest BCUT2D eigenvalue weighted by Gasteiger charge is -1.99. The van der Waals surface area contributed by atoms with Gasteiger partial charge in [-0.15, -0.1) is 0 Å². The summed E-state index contributed by atoms with van der Waals surface area (Å²) >= 11 is 5.88. The fourth-order valence-corrected chi connectivity index (χ4v) is 1.30. The Bertz CT molecular complexity index is 309. The molecule has 0 bridgehead atoms. The highest BCUT2D eigenvalue weighted by Crippen LogP contribution is 2.16. The zero-order valence-electron chi connectivity index (χ0n) is 7.33. The fourth-order valence-electron chi connectivity index (χ4n) is 1.06. The Labute approximate surface area is 81.1 Å². The normalized spacial score (nSPS) is 10.3. The molecule has 1 N–H and O–H groups in total. The van der Waals surface area contributed by atoms with Crippen LogP contribution in [0, 0.1) is 0 Å². The summed E-state index contributed by atoms with van der Waals surface area (Å²) in [4.78, 5) is 10.4. The number of nitrogens with zero attached hydrogens (tertiary/aromatic N) is 2. The molecule has 1 aromatic rings. The molecule has 0 saturated carbocycles. The molecule has 1 heterocycles. The van der Waals surface area contributed by atoms with Crippen LogP contribution in [0.25, 0.3) is 0 Å². The predicted octanol–water partition coefficient (Wildman–Crippen LogP) is 1.57. The van der Waals surface area contributed by atoms with E-state index in [0.29, 0.717) is 10.7 Å². The molecule has 0 saturated heterocycles. The second-order valence-corrected chi connectivity index (χ2v) is 3.11. The third kappa shape index (κ3) is 2.45. The van der Waals surface area contributed by atoms with Crippen LogP contribution in [0.2, 0.25) is 5.15 Å². The number of carboxylic acids is 1. The lowest BCUT2D eigenvalue weighted by atomic mass is 10.2. The lowest BCUT2D eigenvalue weighted by Crippen LogP contribution is -2.01. The molecule has 4 nitrogen and oxygen atoms in total. The highest BCUT2D eigenvalue weighted by molar-refractivity contribution is 6.30. The molecule has 0 aliphatic heterocycles. The first kappa shape index (κ1) is 10.1. The van der Waals surface area contributed by atoms with Gasteiger partial charge in [0.2, 0.25) is 0 Å². The Morgan fingerprint density at radius 3 is 3.00 bits per heavy atom. The number of aryl methyl sites for hydroxylation is 1. The molecular weight excluding hydrogens is 192 g/mol. The van der Waals surface area contributed by atoms with E-state index in [0.717, 1.165) is 13.0 Å². The molecule has 0 aliphatic carbocycles. The van der Waals surface area contributed by atoms with Crippen molar-refractivity contribution in [1.82, 2.24) is 9.78 Å². The molecular formula is C8H11ClN2O2. The van der Waals surface area contributed by atoms with E-state index in [2.05, 4.69) is 5.10 Å². The maximum atomic E-state index is 10.4. The van der Waals surface area contributed by atoms with Gasteiger partial charge in [0.15, 0.2) is 0 Å². The van der Waals surface area contributed by atoms with Crippen molar-refractivity contribution in [1.29, 1.82) is 0 Å². The Balaban J connectivity index is 2.79. The van der Waals surface area contributed by atoms with Crippen molar-refractivity contribution in [2.45, 2.75) is 26.3 Å². The maximum Gasteiger partial charge on any atom is 0.307 e. The van der Waals surface area contributed by atoms with E-state index in [-0.39, 0.29) is 6.42 Å². The first-order valence-electron chi connectivity index (χ1n) is 4.07. The number of rotatable bonds is 4. The van der Waals surface area contributed by atoms with Crippen LogP contribution in [-0.2, 0) is 17.8 Å². The zero-order chi connectivity index (χ0) is 9.84. The molecule has 72 valence electrons. The molecule has 0 radical (unpaired) electrons. The third-order valence-electron chi connectivity index (χ3n) is 1.62. The van der Waals surface area contributed by atoms with Gasteiger partial charge < -0.3 is 5.11 Å². The van der Waals surface area contributed by atoms with E-state index < -0.39 is 5.97 Å². The second-order valence-electron chi connectivity index (χ2n) is 2.75. The molecule has 0 amide bonds. The van der Waals surface area contributed by atoms with E-state index in [4.69, 9.17) is 16.7 Å². The first-order valence-corrected chi connectivity index (χ1v) is 4.45. The van der Waals surface area contributed by atoms with Gasteiger partial charge in [0.1, 0.15) is 5.15 Å². The largest absolute Gasteiger partial charge is 0.481 e. The van der Waals surface area contributed by atoms with E-state index >= 15 is 0 Å². The number of hydrogen-bond donors (Lipinski definition) is 1. The number of hydrogen-bond acceptors (Lipinski definition) is 2. The van der Waals surface area contributed by atoms with Gasteiger partial charge in [-0.25, -0.2) is 0 Å². The second kappa shape index (κ2) is 4.28. The van der Waals surface area contributed by atoms with E-state index in [9.17, 15) is 4.79 Å². The van der Waals surface area contributed by atoms with Crippen LogP contribution in [-0.4, -0.2) is 20.9 Å². The van der Waals surface area contributed by atoms with Gasteiger partial charge in [0.05, 0.1) is 12.6 Å². The van der Waals surface area contributed by atoms with Crippen LogP contribution in [0.15, 0.2) is 6.20 Å². The quantitative estimate of drug-likeness (QED) is 0.807. The number of carboxylic acid groups (broad SMARTS) is 1. The Kier molecular flexibility index (Phi) is 3.31. The van der Waals surface area contributed by atoms with Crippen molar-refractivity contribution in [2.24, 2.45) is 0 Å². The summed E-state index contributed by atoms with van der Waals surface area (Å²) in [5.74, 6) is -0.891. The molecule has 5 heteroatoms. The van der Waals surface area contributed by atoms with Crippen molar-refractivity contribution in [2.75, 3.05) is 0 Å². The minimum atomic E-state index is -0.891. The van der Waals surface area contributed by atoms with Gasteiger partial charge in [-0.3, -0.25) is 9.48 Å². The van der Waals surface area contributed by atoms with Crippen LogP contribution < -0.4 is 0 Å². The molecule has 0 aromatic carbocycles. The van der Waals surface area contributed by atoms with Gasteiger partial charge >= 0.3 is 5.97 Å². The average Bonchev–Trinajstić information content (AvgIpc) is 2.36. The third-order valence-corrected chi connectivity index (χ3v) is 2.06. The number of aromatic nitrogens is 2. The minimum absolute atomic E-state index is 0.0669. The highest BCUT2D eigenvalue weighted by Gasteiger charge is 2.10. The molecule has 0 spiro atoms. The number of aliphatic carboxylic acids is 1. The van der Waals surface area contributed by atoms with Crippen LogP contribution in [0.3, 0.4) is 0 Å². The van der Waals surface area contributed by atoms with E-state index in [1.807, 2.05) is 6.92 Å². The SMILES string of the molecule is CCCn1ncc(CC(=O)O)c1Cl. The smallest absolute Gasteiger partial charge is 0.307 e. The Hall–Kier alpha value is -1.03. The van der Waals surface area contributed by atoms with Gasteiger partial charge in [-0.05, 0) is 6.42 Å². The van der Waals surface area contributed by atoms with Gasteiger partial charge in [-0.1, -0.05) is 18.5 Å². The molecule has 13 heavy (non-hydrogen) atoms. The van der Waals surface area contributed by atoms with Crippen molar-refractivity contribution in [3.05, 3.63) is 16.9 Å². The molecule has 0 atom stereocenters. The van der Waals surface area contributed by atoms with Crippen LogP contribution in [0.5, 0.6) is 0 Å². The van der Waals surface area contributed by atoms with E-state index in [1.165, 1.54) is 6.20 Å². The highest BCUT2D eigenvalue weighted by atomic mass is 35.5. The monoisotopic (exact) mass is 202 g/mol. The van der Waals surface area contributed by atoms with E-state index in [1.54, 1.807) is 4.68 Å². The predicted molar refractivity (Wildman–Crippen MR) is 48.9 cm³/mol. The topological polar surface area (TPSA) is 55.1 Å². The van der Waals surface area contributed by atoms with Crippen molar-refractivity contribution in [3.8, 4) is 0 Å². The average molecular weight is 203 g/mol. The molecule has 0 fully saturated rings. The summed E-state index contributed by atoms with van der Waals surface area (Å²) in [5, 5.41) is 12.9. The standard InChI is InChI=1S/C8H11ClN2O2/c1-2-3-11-8(9)6(5-10-11)4-7(12)13/h5H,2-4H2,1H3,(H,12,13). The molecule has 0 aliphatic rings. The van der Waals surface area contributed by atoms with Crippen molar-refractivity contribution < 1.29 is 9.90 Å². The fraction of sp³-hybridized carbons (Fsp3) is 0.500. The zero-order valence-corrected chi connectivity index (χ0v) is 8.08. The summed E-state index contributed by atoms with van der Waals surface area (Å²) in [6.07, 6.45) is 2.36. The van der Waals surface area contributed by atoms with Crippen molar-refractivity contribution >= 4 is 17.6 Å². The van der Waals surface area contributed by atoms with Gasteiger partial charge in [0, 0.05) is 12.1 Å². The summed E-state index contributed by atoms with van der Waals surface area (Å²) in [7, 11) is 0. The molecule has 1 rings (SSSR count). The summed E-state index contributed by atoms with van der Waals surface area (Å²) in [6.45, 7) is 2.73. The Morgan fingerprint density at radius 1 is 1.77 bits per heavy atom. The Morgan fingerprint density at radius 2 is 2.46 bits per heavy atom. The maximum absolute atomic E-state index is 10.4. The number of carbonyl (C=O) groups is 1. The summed E-state index contributed by atoms with van der Waals surface area (Å²) < 4.78 is 1.61. The summed E-state index contributed by atoms with van der Waals surface area (Å²) in [5.41, 5.74) is 0.572. The van der Waals surface area contributed by atoms with Crippen LogP contribution in [0.4, 0.5) is 0 Å². The summed E-state index contributed by atoms with van der Waals surface area (Å²) in [6, 6.07) is 0. The molecule has 1 aromatic heterocycles. The van der Waals surface area contributed by atoms with Crippen LogP contribution >= 0.6 is 11.6 Å². The number of halogens is 1. The minimum Gasteiger partial charge on any atom is -0.481 e. The van der Waals surface area contributed by atoms with Gasteiger partial charge in [-0.2, -0.15) is 5.10 Å². The molecule has 0 unspecified atom stereocenters. The van der Waals surface area contributed by atoms with Gasteiger partial charge in [0.25, 0.3) is 0 Å².